The number of ether oxygens (including phenoxy) is 2. The highest BCUT2D eigenvalue weighted by Gasteiger charge is 2.28. The molecule has 25 heavy (non-hydrogen) atoms. The number of nitrogens with zero attached hydrogens (tertiary/aromatic N) is 3. The molecule has 1 aliphatic rings. The van der Waals surface area contributed by atoms with Gasteiger partial charge in [-0.05, 0) is 24.6 Å². The van der Waals surface area contributed by atoms with E-state index in [9.17, 15) is 0 Å². The molecule has 3 heterocycles. The second-order valence-corrected chi connectivity index (χ2v) is 6.46. The molecule has 0 N–H and O–H groups in total. The summed E-state index contributed by atoms with van der Waals surface area (Å²) in [6.07, 6.45) is 2.43. The van der Waals surface area contributed by atoms with E-state index < -0.39 is 0 Å². The molecule has 1 aliphatic heterocycles. The summed E-state index contributed by atoms with van der Waals surface area (Å²) in [6, 6.07) is 16.1. The summed E-state index contributed by atoms with van der Waals surface area (Å²) in [4.78, 5) is 11.0. The Labute approximate surface area is 150 Å². The average molecular weight is 351 g/mol. The maximum Gasteiger partial charge on any atom is 0.244 e. The largest absolute Gasteiger partial charge is 0.456 e. The zero-order valence-corrected chi connectivity index (χ0v) is 14.6. The number of hydrogen-bond donors (Lipinski definition) is 0. The molecule has 0 aliphatic carbocycles. The predicted molar refractivity (Wildman–Crippen MR) is 97.4 cm³/mol. The molecule has 0 atom stereocenters. The molecular weight excluding hydrogens is 334 g/mol. The average Bonchev–Trinajstić information content (AvgIpc) is 3.30. The molecule has 0 amide bonds. The molecule has 1 aromatic carbocycles. The highest BCUT2D eigenvalue weighted by Crippen LogP contribution is 2.35. The number of thiazole rings is 1. The molecule has 0 radical (unpaired) electrons. The van der Waals surface area contributed by atoms with Gasteiger partial charge in [-0.3, -0.25) is 0 Å². The van der Waals surface area contributed by atoms with Crippen LogP contribution in [-0.4, -0.2) is 16.8 Å². The summed E-state index contributed by atoms with van der Waals surface area (Å²) in [5, 5.41) is 2.73. The molecule has 6 heteroatoms. The number of rotatable bonds is 5. The van der Waals surface area contributed by atoms with E-state index in [0.717, 1.165) is 28.0 Å². The first-order valence-electron chi connectivity index (χ1n) is 7.97. The minimum atomic E-state index is 0.200. The van der Waals surface area contributed by atoms with E-state index in [2.05, 4.69) is 22.1 Å². The van der Waals surface area contributed by atoms with Crippen LogP contribution in [-0.2, 0) is 15.9 Å². The smallest absolute Gasteiger partial charge is 0.244 e. The van der Waals surface area contributed by atoms with Gasteiger partial charge in [0.1, 0.15) is 5.82 Å². The Balaban J connectivity index is 1.76. The van der Waals surface area contributed by atoms with Crippen molar-refractivity contribution in [3.8, 4) is 0 Å². The standard InChI is InChI=1S/C19H17N3O2S/c1-14-6-5-9-17(21-14)22(19-20-10-11-25-19)18-16(23-13-24-18)12-15-7-3-2-4-8-15/h2-11H,12-13H2,1H3. The Kier molecular flexibility index (Phi) is 4.35. The molecule has 0 bridgehead atoms. The number of hydrogen-bond acceptors (Lipinski definition) is 6. The molecule has 3 aromatic rings. The zero-order valence-electron chi connectivity index (χ0n) is 13.8. The van der Waals surface area contributed by atoms with E-state index in [-0.39, 0.29) is 6.79 Å². The van der Waals surface area contributed by atoms with E-state index in [0.29, 0.717) is 12.3 Å². The van der Waals surface area contributed by atoms with Crippen LogP contribution in [0.1, 0.15) is 11.3 Å². The first kappa shape index (κ1) is 15.7. The molecule has 0 spiro atoms. The minimum Gasteiger partial charge on any atom is -0.456 e. The Morgan fingerprint density at radius 3 is 2.72 bits per heavy atom. The fraction of sp³-hybridized carbons (Fsp3) is 0.158. The Morgan fingerprint density at radius 1 is 1.08 bits per heavy atom. The predicted octanol–water partition coefficient (Wildman–Crippen LogP) is 4.40. The zero-order chi connectivity index (χ0) is 17.1. The van der Waals surface area contributed by atoms with Gasteiger partial charge in [0.2, 0.25) is 12.7 Å². The van der Waals surface area contributed by atoms with Crippen LogP contribution in [0.25, 0.3) is 0 Å². The highest BCUT2D eigenvalue weighted by molar-refractivity contribution is 7.13. The van der Waals surface area contributed by atoms with Gasteiger partial charge in [-0.25, -0.2) is 14.9 Å². The third-order valence-electron chi connectivity index (χ3n) is 3.79. The van der Waals surface area contributed by atoms with E-state index in [1.807, 2.05) is 53.6 Å². The molecule has 0 unspecified atom stereocenters. The summed E-state index contributed by atoms with van der Waals surface area (Å²) in [7, 11) is 0. The van der Waals surface area contributed by atoms with Crippen LogP contribution in [0.4, 0.5) is 10.9 Å². The third kappa shape index (κ3) is 3.34. The van der Waals surface area contributed by atoms with Crippen LogP contribution < -0.4 is 4.90 Å². The lowest BCUT2D eigenvalue weighted by Gasteiger charge is -2.21. The monoisotopic (exact) mass is 351 g/mol. The Morgan fingerprint density at radius 2 is 1.96 bits per heavy atom. The quantitative estimate of drug-likeness (QED) is 0.682. The summed E-state index contributed by atoms with van der Waals surface area (Å²) in [5.41, 5.74) is 2.10. The first-order chi connectivity index (χ1) is 12.3. The normalized spacial score (nSPS) is 13.5. The number of allylic oxidation sites excluding steroid dienone is 1. The van der Waals surface area contributed by atoms with Gasteiger partial charge in [0.15, 0.2) is 10.9 Å². The first-order valence-corrected chi connectivity index (χ1v) is 8.85. The van der Waals surface area contributed by atoms with Gasteiger partial charge in [0.05, 0.1) is 0 Å². The summed E-state index contributed by atoms with van der Waals surface area (Å²) >= 11 is 1.53. The number of aromatic nitrogens is 2. The maximum atomic E-state index is 5.83. The van der Waals surface area contributed by atoms with E-state index in [4.69, 9.17) is 9.47 Å². The lowest BCUT2D eigenvalue weighted by Crippen LogP contribution is -2.19. The summed E-state index contributed by atoms with van der Waals surface area (Å²) in [5.74, 6) is 2.20. The van der Waals surface area contributed by atoms with Gasteiger partial charge < -0.3 is 9.47 Å². The number of aryl methyl sites for hydroxylation is 1. The van der Waals surface area contributed by atoms with Crippen LogP contribution in [0.5, 0.6) is 0 Å². The van der Waals surface area contributed by atoms with E-state index in [1.165, 1.54) is 11.3 Å². The molecule has 0 fully saturated rings. The van der Waals surface area contributed by atoms with Crippen LogP contribution in [0.3, 0.4) is 0 Å². The van der Waals surface area contributed by atoms with Crippen molar-refractivity contribution in [2.24, 2.45) is 0 Å². The second-order valence-electron chi connectivity index (χ2n) is 5.58. The maximum absolute atomic E-state index is 5.83. The fourth-order valence-electron chi connectivity index (χ4n) is 2.66. The number of anilines is 2. The van der Waals surface area contributed by atoms with Crippen molar-refractivity contribution in [3.05, 3.63) is 83.0 Å². The SMILES string of the molecule is Cc1cccc(N(C2=C(Cc3ccccc3)OCO2)c2nccs2)n1. The van der Waals surface area contributed by atoms with Gasteiger partial charge in [-0.1, -0.05) is 36.4 Å². The minimum absolute atomic E-state index is 0.200. The van der Waals surface area contributed by atoms with Crippen molar-refractivity contribution >= 4 is 22.3 Å². The van der Waals surface area contributed by atoms with Gasteiger partial charge in [0.25, 0.3) is 0 Å². The number of benzene rings is 1. The van der Waals surface area contributed by atoms with Gasteiger partial charge in [0, 0.05) is 23.7 Å². The lowest BCUT2D eigenvalue weighted by atomic mass is 10.1. The summed E-state index contributed by atoms with van der Waals surface area (Å²) in [6.45, 7) is 2.17. The Bertz CT molecular complexity index is 879. The molecule has 0 saturated heterocycles. The van der Waals surface area contributed by atoms with E-state index >= 15 is 0 Å². The van der Waals surface area contributed by atoms with Crippen LogP contribution >= 0.6 is 11.3 Å². The molecule has 126 valence electrons. The molecule has 2 aromatic heterocycles. The topological polar surface area (TPSA) is 47.5 Å². The van der Waals surface area contributed by atoms with Gasteiger partial charge in [-0.15, -0.1) is 11.3 Å². The molecule has 4 rings (SSSR count). The van der Waals surface area contributed by atoms with Crippen molar-refractivity contribution in [3.63, 3.8) is 0 Å². The van der Waals surface area contributed by atoms with Gasteiger partial charge in [-0.2, -0.15) is 0 Å². The molecule has 5 nitrogen and oxygen atoms in total. The van der Waals surface area contributed by atoms with Crippen molar-refractivity contribution in [1.82, 2.24) is 9.97 Å². The Hall–Kier alpha value is -2.86. The fourth-order valence-corrected chi connectivity index (χ4v) is 3.31. The highest BCUT2D eigenvalue weighted by atomic mass is 32.1. The van der Waals surface area contributed by atoms with Crippen molar-refractivity contribution in [1.29, 1.82) is 0 Å². The van der Waals surface area contributed by atoms with Crippen molar-refractivity contribution < 1.29 is 9.47 Å². The summed E-state index contributed by atoms with van der Waals surface area (Å²) < 4.78 is 11.6. The van der Waals surface area contributed by atoms with Crippen LogP contribution in [0.2, 0.25) is 0 Å². The van der Waals surface area contributed by atoms with Gasteiger partial charge >= 0.3 is 0 Å². The molecular formula is C19H17N3O2S. The van der Waals surface area contributed by atoms with E-state index in [1.54, 1.807) is 6.20 Å². The third-order valence-corrected chi connectivity index (χ3v) is 4.55. The van der Waals surface area contributed by atoms with Crippen molar-refractivity contribution in [2.45, 2.75) is 13.3 Å². The lowest BCUT2D eigenvalue weighted by molar-refractivity contribution is 0.0692. The number of pyridine rings is 1. The van der Waals surface area contributed by atoms with Crippen molar-refractivity contribution in [2.75, 3.05) is 11.7 Å². The second kappa shape index (κ2) is 6.94. The molecule has 0 saturated carbocycles. The van der Waals surface area contributed by atoms with Crippen LogP contribution in [0, 0.1) is 6.92 Å². The van der Waals surface area contributed by atoms with Crippen LogP contribution in [0.15, 0.2) is 71.8 Å².